The highest BCUT2D eigenvalue weighted by Gasteiger charge is 2.29. The molecule has 6 rings (SSSR count). The molecule has 0 unspecified atom stereocenters. The minimum Gasteiger partial charge on any atom is -0.324 e. The van der Waals surface area contributed by atoms with Crippen LogP contribution in [0.15, 0.2) is 126 Å². The molecule has 5 heteroatoms. The normalized spacial score (nSPS) is 14.2. The third-order valence-electron chi connectivity index (χ3n) is 6.70. The van der Waals surface area contributed by atoms with E-state index in [0.29, 0.717) is 17.1 Å². The van der Waals surface area contributed by atoms with Crippen LogP contribution < -0.4 is 0 Å². The Balaban J connectivity index is 1.61. The van der Waals surface area contributed by atoms with E-state index in [-0.39, 0.29) is 0 Å². The SMILES string of the molecule is Cc1ccc(-c2c3ccccc3c(/C=C3\N=C(c4ccccc4)C=C3c3ccccc3)n2B(F)F)cc1. The molecule has 37 heavy (non-hydrogen) atoms. The second-order valence-electron chi connectivity index (χ2n) is 9.11. The van der Waals surface area contributed by atoms with Crippen LogP contribution in [-0.2, 0) is 0 Å². The zero-order valence-corrected chi connectivity index (χ0v) is 20.3. The van der Waals surface area contributed by atoms with Crippen LogP contribution in [0.1, 0.15) is 22.4 Å². The average Bonchev–Trinajstić information content (AvgIpc) is 3.50. The minimum absolute atomic E-state index is 0.441. The first-order valence-electron chi connectivity index (χ1n) is 12.2. The molecule has 0 saturated heterocycles. The highest BCUT2D eigenvalue weighted by atomic mass is 19.2. The van der Waals surface area contributed by atoms with Crippen molar-refractivity contribution in [3.05, 3.63) is 143 Å². The maximum absolute atomic E-state index is 14.8. The fourth-order valence-electron chi connectivity index (χ4n) is 4.93. The van der Waals surface area contributed by atoms with Gasteiger partial charge in [-0.1, -0.05) is 115 Å². The fraction of sp³-hybridized carbons (Fsp3) is 0.0312. The molecule has 5 aromatic rings. The van der Waals surface area contributed by atoms with Crippen molar-refractivity contribution in [1.82, 2.24) is 4.48 Å². The van der Waals surface area contributed by atoms with Crippen molar-refractivity contribution >= 4 is 35.5 Å². The molecule has 0 radical (unpaired) electrons. The summed E-state index contributed by atoms with van der Waals surface area (Å²) in [5, 5.41) is 1.55. The molecule has 0 bridgehead atoms. The molecular weight excluding hydrogens is 461 g/mol. The Hall–Kier alpha value is -4.51. The summed E-state index contributed by atoms with van der Waals surface area (Å²) in [6.45, 7) is 1.99. The number of fused-ring (bicyclic) bond motifs is 1. The molecule has 1 aromatic heterocycles. The molecule has 0 aliphatic carbocycles. The van der Waals surface area contributed by atoms with Gasteiger partial charge in [0.25, 0.3) is 0 Å². The lowest BCUT2D eigenvalue weighted by Crippen LogP contribution is -2.16. The van der Waals surface area contributed by atoms with E-state index < -0.39 is 7.40 Å². The van der Waals surface area contributed by atoms with Gasteiger partial charge in [0, 0.05) is 33.3 Å². The van der Waals surface area contributed by atoms with Crippen LogP contribution in [0.2, 0.25) is 0 Å². The number of hydrogen-bond acceptors (Lipinski definition) is 1. The molecule has 2 heterocycles. The summed E-state index contributed by atoms with van der Waals surface area (Å²) in [6, 6.07) is 35.2. The lowest BCUT2D eigenvalue weighted by Gasteiger charge is -2.11. The predicted octanol–water partition coefficient (Wildman–Crippen LogP) is 8.32. The highest BCUT2D eigenvalue weighted by Crippen LogP contribution is 2.39. The van der Waals surface area contributed by atoms with Gasteiger partial charge < -0.3 is 4.48 Å². The topological polar surface area (TPSA) is 17.3 Å². The van der Waals surface area contributed by atoms with Gasteiger partial charge >= 0.3 is 7.40 Å². The number of halogens is 2. The quantitative estimate of drug-likeness (QED) is 0.223. The minimum atomic E-state index is -2.72. The Morgan fingerprint density at radius 2 is 1.27 bits per heavy atom. The standard InChI is InChI=1S/C32H23BF2N2/c1-22-16-18-25(19-17-22)32-27-15-9-8-14-26(27)31(37(32)33(34)35)21-30-28(23-10-4-2-5-11-23)20-29(36-30)24-12-6-3-7-13-24/h2-21H,1H3/b30-21-. The van der Waals surface area contributed by atoms with Gasteiger partial charge in [-0.3, -0.25) is 8.63 Å². The van der Waals surface area contributed by atoms with Gasteiger partial charge in [-0.2, -0.15) is 0 Å². The van der Waals surface area contributed by atoms with Crippen LogP contribution in [0.5, 0.6) is 0 Å². The first-order chi connectivity index (χ1) is 18.1. The molecule has 2 nitrogen and oxygen atoms in total. The van der Waals surface area contributed by atoms with Crippen molar-refractivity contribution < 1.29 is 8.63 Å². The van der Waals surface area contributed by atoms with Gasteiger partial charge in [0.2, 0.25) is 0 Å². The van der Waals surface area contributed by atoms with E-state index in [1.54, 1.807) is 6.08 Å². The largest absolute Gasteiger partial charge is 0.678 e. The summed E-state index contributed by atoms with van der Waals surface area (Å²) in [5.74, 6) is 0. The summed E-state index contributed by atoms with van der Waals surface area (Å²) in [7, 11) is -2.72. The van der Waals surface area contributed by atoms with Crippen LogP contribution in [-0.4, -0.2) is 17.6 Å². The van der Waals surface area contributed by atoms with Crippen LogP contribution in [0.4, 0.5) is 8.63 Å². The van der Waals surface area contributed by atoms with Crippen LogP contribution in [0.25, 0.3) is 33.7 Å². The lowest BCUT2D eigenvalue weighted by molar-refractivity contribution is 0.631. The first-order valence-corrected chi connectivity index (χ1v) is 12.2. The number of nitrogens with zero attached hydrogens (tertiary/aromatic N) is 2. The Morgan fingerprint density at radius 1 is 0.676 bits per heavy atom. The molecular formula is C32H23BF2N2. The van der Waals surface area contributed by atoms with Crippen LogP contribution in [0.3, 0.4) is 0 Å². The molecule has 1 aliphatic rings. The van der Waals surface area contributed by atoms with Crippen molar-refractivity contribution in [2.75, 3.05) is 0 Å². The van der Waals surface area contributed by atoms with Crippen molar-refractivity contribution in [1.29, 1.82) is 0 Å². The molecule has 178 valence electrons. The summed E-state index contributed by atoms with van der Waals surface area (Å²) in [4.78, 5) is 4.94. The molecule has 0 N–H and O–H groups in total. The molecule has 0 saturated carbocycles. The Morgan fingerprint density at radius 3 is 1.92 bits per heavy atom. The molecule has 0 fully saturated rings. The Labute approximate surface area is 215 Å². The smallest absolute Gasteiger partial charge is 0.324 e. The van der Waals surface area contributed by atoms with Gasteiger partial charge in [0.1, 0.15) is 0 Å². The van der Waals surface area contributed by atoms with E-state index in [4.69, 9.17) is 4.99 Å². The van der Waals surface area contributed by atoms with E-state index in [2.05, 4.69) is 0 Å². The van der Waals surface area contributed by atoms with E-state index >= 15 is 0 Å². The fourth-order valence-corrected chi connectivity index (χ4v) is 4.93. The van der Waals surface area contributed by atoms with E-state index in [0.717, 1.165) is 48.8 Å². The van der Waals surface area contributed by atoms with Gasteiger partial charge in [-0.05, 0) is 30.2 Å². The molecule has 4 aromatic carbocycles. The second kappa shape index (κ2) is 9.51. The van der Waals surface area contributed by atoms with Gasteiger partial charge in [-0.15, -0.1) is 0 Å². The Kier molecular flexibility index (Phi) is 5.89. The zero-order chi connectivity index (χ0) is 25.4. The van der Waals surface area contributed by atoms with E-state index in [1.165, 1.54) is 0 Å². The zero-order valence-electron chi connectivity index (χ0n) is 20.3. The third-order valence-corrected chi connectivity index (χ3v) is 6.70. The van der Waals surface area contributed by atoms with Crippen LogP contribution in [0, 0.1) is 6.92 Å². The number of allylic oxidation sites excluding steroid dienone is 2. The van der Waals surface area contributed by atoms with Crippen molar-refractivity contribution in [3.63, 3.8) is 0 Å². The Bertz CT molecular complexity index is 1680. The molecule has 1 aliphatic heterocycles. The highest BCUT2D eigenvalue weighted by molar-refractivity contribution is 6.43. The number of hydrogen-bond donors (Lipinski definition) is 0. The molecule has 0 atom stereocenters. The lowest BCUT2D eigenvalue weighted by atomic mass is 10.0. The van der Waals surface area contributed by atoms with Gasteiger partial charge in [-0.25, -0.2) is 4.99 Å². The molecule has 0 spiro atoms. The third kappa shape index (κ3) is 4.23. The number of aryl methyl sites for hydroxylation is 1. The summed E-state index contributed by atoms with van der Waals surface area (Å²) in [6.07, 6.45) is 3.84. The maximum Gasteiger partial charge on any atom is 0.678 e. The van der Waals surface area contributed by atoms with Crippen LogP contribution >= 0.6 is 0 Å². The van der Waals surface area contributed by atoms with Gasteiger partial charge in [0.15, 0.2) is 0 Å². The first kappa shape index (κ1) is 22.9. The number of aliphatic imine (C=N–C) groups is 1. The second-order valence-corrected chi connectivity index (χ2v) is 9.11. The van der Waals surface area contributed by atoms with Crippen molar-refractivity contribution in [2.24, 2.45) is 4.99 Å². The van der Waals surface area contributed by atoms with Crippen molar-refractivity contribution in [2.45, 2.75) is 6.92 Å². The van der Waals surface area contributed by atoms with Crippen molar-refractivity contribution in [3.8, 4) is 11.3 Å². The van der Waals surface area contributed by atoms with Gasteiger partial charge in [0.05, 0.1) is 11.4 Å². The number of rotatable bonds is 5. The predicted molar refractivity (Wildman–Crippen MR) is 151 cm³/mol. The molecule has 0 amide bonds. The van der Waals surface area contributed by atoms with E-state index in [1.807, 2.05) is 122 Å². The number of benzene rings is 4. The summed E-state index contributed by atoms with van der Waals surface area (Å²) < 4.78 is 30.8. The summed E-state index contributed by atoms with van der Waals surface area (Å²) >= 11 is 0. The average molecular weight is 484 g/mol. The monoisotopic (exact) mass is 484 g/mol. The summed E-state index contributed by atoms with van der Waals surface area (Å²) in [5.41, 5.74) is 7.12. The maximum atomic E-state index is 14.8. The van der Waals surface area contributed by atoms with E-state index in [9.17, 15) is 8.63 Å². The number of aromatic nitrogens is 1.